The Bertz CT molecular complexity index is 438. The maximum atomic E-state index is 13.0. The van der Waals surface area contributed by atoms with Crippen molar-refractivity contribution in [1.29, 1.82) is 0 Å². The second-order valence-electron chi connectivity index (χ2n) is 2.49. The first-order chi connectivity index (χ1) is 6.97. The molecule has 8 heteroatoms. The molecule has 0 aromatic heterocycles. The van der Waals surface area contributed by atoms with Crippen LogP contribution in [0.1, 0.15) is 10.4 Å². The molecule has 0 N–H and O–H groups in total. The summed E-state index contributed by atoms with van der Waals surface area (Å²) in [7, 11) is 0.973. The summed E-state index contributed by atoms with van der Waals surface area (Å²) in [4.78, 5) is 10.4. The molecule has 1 aromatic rings. The van der Waals surface area contributed by atoms with Crippen LogP contribution in [0.5, 0.6) is 0 Å². The van der Waals surface area contributed by atoms with Gasteiger partial charge in [0.2, 0.25) is 0 Å². The molecular weight excluding hydrogens is 253 g/mol. The predicted octanol–water partition coefficient (Wildman–Crippen LogP) is -2.01. The van der Waals surface area contributed by atoms with Crippen molar-refractivity contribution in [3.8, 4) is 0 Å². The molecule has 0 spiro atoms. The van der Waals surface area contributed by atoms with E-state index in [1.165, 1.54) is 0 Å². The number of methoxy groups -OCH3 is 1. The van der Waals surface area contributed by atoms with Gasteiger partial charge >= 0.3 is 35.5 Å². The van der Waals surface area contributed by atoms with Gasteiger partial charge in [0.15, 0.2) is 11.6 Å². The van der Waals surface area contributed by atoms with Crippen molar-refractivity contribution >= 4 is 17.0 Å². The molecule has 1 rings (SSSR count). The van der Waals surface area contributed by atoms with Gasteiger partial charge in [-0.05, 0) is 23.2 Å². The number of hydrogen-bond acceptors (Lipinski definition) is 4. The van der Waals surface area contributed by atoms with Crippen molar-refractivity contribution in [3.63, 3.8) is 0 Å². The predicted molar refractivity (Wildman–Crippen MR) is 44.9 cm³/mol. The Kier molecular flexibility index (Phi) is 6.27. The summed E-state index contributed by atoms with van der Waals surface area (Å²) in [5.74, 6) is -3.99. The standard InChI is InChI=1S/C8H6F2O4S.Na/c1-14-8(11)5-2-4(15(12)13)3-6(9)7(5)10;/h2-3H,1H3,(H,12,13);/q;+1/p-1. The molecule has 0 saturated heterocycles. The van der Waals surface area contributed by atoms with Crippen LogP contribution in [0.3, 0.4) is 0 Å². The number of rotatable bonds is 2. The zero-order valence-corrected chi connectivity index (χ0v) is 11.3. The molecule has 1 atom stereocenters. The molecular formula is C8H5F2NaO4S. The summed E-state index contributed by atoms with van der Waals surface area (Å²) in [5, 5.41) is 0. The molecule has 0 aliphatic carbocycles. The summed E-state index contributed by atoms with van der Waals surface area (Å²) >= 11 is -2.74. The molecule has 0 radical (unpaired) electrons. The van der Waals surface area contributed by atoms with Crippen LogP contribution in [0.25, 0.3) is 0 Å². The molecule has 82 valence electrons. The molecule has 0 saturated carbocycles. The number of esters is 1. The normalized spacial score (nSPS) is 11.5. The van der Waals surface area contributed by atoms with Crippen LogP contribution < -0.4 is 29.6 Å². The molecule has 0 aliphatic heterocycles. The molecule has 1 aromatic carbocycles. The Morgan fingerprint density at radius 3 is 2.44 bits per heavy atom. The minimum absolute atomic E-state index is 0. The Balaban J connectivity index is 0.00000225. The molecule has 0 amide bonds. The number of carbonyl (C=O) groups excluding carboxylic acids is 1. The number of ether oxygens (including phenoxy) is 1. The van der Waals surface area contributed by atoms with E-state index in [0.717, 1.165) is 7.11 Å². The average molecular weight is 258 g/mol. The van der Waals surface area contributed by atoms with Gasteiger partial charge in [-0.3, -0.25) is 4.21 Å². The second kappa shape index (κ2) is 6.41. The first-order valence-corrected chi connectivity index (χ1v) is 4.71. The minimum atomic E-state index is -2.74. The third-order valence-corrected chi connectivity index (χ3v) is 2.22. The van der Waals surface area contributed by atoms with E-state index in [4.69, 9.17) is 0 Å². The Labute approximate surface area is 115 Å². The van der Waals surface area contributed by atoms with E-state index in [9.17, 15) is 22.3 Å². The van der Waals surface area contributed by atoms with Gasteiger partial charge < -0.3 is 9.29 Å². The Hall–Kier alpha value is -0.340. The van der Waals surface area contributed by atoms with Gasteiger partial charge in [0.25, 0.3) is 0 Å². The fourth-order valence-corrected chi connectivity index (χ4v) is 1.33. The summed E-state index contributed by atoms with van der Waals surface area (Å²) in [6.45, 7) is 0. The van der Waals surface area contributed by atoms with Gasteiger partial charge in [-0.1, -0.05) is 0 Å². The van der Waals surface area contributed by atoms with Gasteiger partial charge in [0.1, 0.15) is 0 Å². The van der Waals surface area contributed by atoms with Gasteiger partial charge in [-0.2, -0.15) is 0 Å². The van der Waals surface area contributed by atoms with E-state index < -0.39 is 39.1 Å². The monoisotopic (exact) mass is 258 g/mol. The molecule has 4 nitrogen and oxygen atoms in total. The zero-order valence-electron chi connectivity index (χ0n) is 8.45. The van der Waals surface area contributed by atoms with Crippen LogP contribution in [0.4, 0.5) is 8.78 Å². The minimum Gasteiger partial charge on any atom is -0.768 e. The summed E-state index contributed by atoms with van der Waals surface area (Å²) < 4.78 is 51.0. The topological polar surface area (TPSA) is 66.4 Å². The maximum absolute atomic E-state index is 13.0. The third kappa shape index (κ3) is 3.33. The molecule has 0 aliphatic rings. The largest absolute Gasteiger partial charge is 1.00 e. The molecule has 1 unspecified atom stereocenters. The summed E-state index contributed by atoms with van der Waals surface area (Å²) in [5.41, 5.74) is -0.753. The first-order valence-electron chi connectivity index (χ1n) is 3.64. The number of hydrogen-bond donors (Lipinski definition) is 0. The van der Waals surface area contributed by atoms with E-state index in [1.54, 1.807) is 0 Å². The van der Waals surface area contributed by atoms with Crippen LogP contribution in [0.15, 0.2) is 17.0 Å². The fraction of sp³-hybridized carbons (Fsp3) is 0.125. The summed E-state index contributed by atoms with van der Waals surface area (Å²) in [6, 6.07) is 1.18. The van der Waals surface area contributed by atoms with Crippen molar-refractivity contribution in [2.24, 2.45) is 0 Å². The Morgan fingerprint density at radius 2 is 2.00 bits per heavy atom. The second-order valence-corrected chi connectivity index (χ2v) is 3.43. The third-order valence-electron chi connectivity index (χ3n) is 1.60. The summed E-state index contributed by atoms with van der Waals surface area (Å²) in [6.07, 6.45) is 0. The zero-order chi connectivity index (χ0) is 11.6. The number of halogens is 2. The van der Waals surface area contributed by atoms with E-state index in [2.05, 4.69) is 4.74 Å². The molecule has 0 heterocycles. The fourth-order valence-electron chi connectivity index (χ4n) is 0.919. The van der Waals surface area contributed by atoms with Gasteiger partial charge in [0.05, 0.1) is 12.7 Å². The van der Waals surface area contributed by atoms with Crippen LogP contribution in [-0.4, -0.2) is 21.8 Å². The smallest absolute Gasteiger partial charge is 0.768 e. The molecule has 0 fully saturated rings. The van der Waals surface area contributed by atoms with Crippen molar-refractivity contribution in [2.75, 3.05) is 7.11 Å². The first kappa shape index (κ1) is 15.7. The van der Waals surface area contributed by atoms with Crippen LogP contribution >= 0.6 is 0 Å². The van der Waals surface area contributed by atoms with Crippen molar-refractivity contribution in [3.05, 3.63) is 29.3 Å². The number of benzene rings is 1. The number of carbonyl (C=O) groups is 1. The quantitative estimate of drug-likeness (QED) is 0.349. The average Bonchev–Trinajstić information content (AvgIpc) is 2.20. The van der Waals surface area contributed by atoms with Gasteiger partial charge in [-0.15, -0.1) is 0 Å². The SMILES string of the molecule is COC(=O)c1cc(S(=O)[O-])cc(F)c1F.[Na+]. The Morgan fingerprint density at radius 1 is 1.44 bits per heavy atom. The van der Waals surface area contributed by atoms with E-state index in [0.29, 0.717) is 12.1 Å². The van der Waals surface area contributed by atoms with Crippen LogP contribution in [0, 0.1) is 11.6 Å². The van der Waals surface area contributed by atoms with Crippen molar-refractivity contribution in [2.45, 2.75) is 4.90 Å². The maximum Gasteiger partial charge on any atom is 1.00 e. The van der Waals surface area contributed by atoms with Gasteiger partial charge in [-0.25, -0.2) is 13.6 Å². The van der Waals surface area contributed by atoms with E-state index in [1.807, 2.05) is 0 Å². The van der Waals surface area contributed by atoms with E-state index >= 15 is 0 Å². The van der Waals surface area contributed by atoms with Crippen LogP contribution in [-0.2, 0) is 15.8 Å². The van der Waals surface area contributed by atoms with Gasteiger partial charge in [0, 0.05) is 4.90 Å². The van der Waals surface area contributed by atoms with Crippen molar-refractivity contribution < 1.29 is 56.6 Å². The van der Waals surface area contributed by atoms with E-state index in [-0.39, 0.29) is 29.6 Å². The molecule has 16 heavy (non-hydrogen) atoms. The van der Waals surface area contributed by atoms with Crippen molar-refractivity contribution in [1.82, 2.24) is 0 Å². The van der Waals surface area contributed by atoms with Crippen LogP contribution in [0.2, 0.25) is 0 Å². The molecule has 0 bridgehead atoms.